The molecule has 0 bridgehead atoms. The molecule has 1 heterocycles. The summed E-state index contributed by atoms with van der Waals surface area (Å²) in [6.07, 6.45) is 1.70. The summed E-state index contributed by atoms with van der Waals surface area (Å²) in [6, 6.07) is 0. The lowest BCUT2D eigenvalue weighted by molar-refractivity contribution is -0.141. The topological polar surface area (TPSA) is 46.3 Å². The molecule has 0 radical (unpaired) electrons. The average molecular weight is 267 g/mol. The van der Waals surface area contributed by atoms with Gasteiger partial charge in [-0.15, -0.1) is 12.4 Å². The number of amides is 1. The Kier molecular flexibility index (Phi) is 7.44. The summed E-state index contributed by atoms with van der Waals surface area (Å²) in [5, 5.41) is 0. The van der Waals surface area contributed by atoms with Crippen LogP contribution < -0.4 is 5.73 Å². The minimum Gasteiger partial charge on any atom is -0.341 e. The largest absolute Gasteiger partial charge is 0.341 e. The van der Waals surface area contributed by atoms with Gasteiger partial charge in [0.2, 0.25) is 5.91 Å². The molecule has 3 nitrogen and oxygen atoms in total. The standard InChI is InChI=1S/C11H22N2OS.ClH/c1-3-11(4-2,9-12)10(14)13-5-7-15-8-6-13;/h3-9,12H2,1-2H3;1H. The van der Waals surface area contributed by atoms with E-state index in [4.69, 9.17) is 5.73 Å². The van der Waals surface area contributed by atoms with Crippen LogP contribution in [0.3, 0.4) is 0 Å². The zero-order valence-corrected chi connectivity index (χ0v) is 11.8. The third-order valence-electron chi connectivity index (χ3n) is 3.50. The predicted molar refractivity (Wildman–Crippen MR) is 73.2 cm³/mol. The number of nitrogens with two attached hydrogens (primary N) is 1. The van der Waals surface area contributed by atoms with E-state index in [0.29, 0.717) is 6.54 Å². The Morgan fingerprint density at radius 1 is 1.31 bits per heavy atom. The molecule has 16 heavy (non-hydrogen) atoms. The lowest BCUT2D eigenvalue weighted by Gasteiger charge is -2.36. The Morgan fingerprint density at radius 3 is 2.19 bits per heavy atom. The molecule has 5 heteroatoms. The molecule has 1 rings (SSSR count). The van der Waals surface area contributed by atoms with Crippen molar-refractivity contribution in [2.75, 3.05) is 31.1 Å². The average Bonchev–Trinajstić information content (AvgIpc) is 2.33. The van der Waals surface area contributed by atoms with Crippen molar-refractivity contribution in [2.24, 2.45) is 11.1 Å². The van der Waals surface area contributed by atoms with Gasteiger partial charge >= 0.3 is 0 Å². The Bertz CT molecular complexity index is 208. The molecule has 0 aromatic carbocycles. The smallest absolute Gasteiger partial charge is 0.230 e. The van der Waals surface area contributed by atoms with Crippen molar-refractivity contribution in [2.45, 2.75) is 26.7 Å². The second-order valence-electron chi connectivity index (χ2n) is 4.10. The maximum absolute atomic E-state index is 12.4. The molecule has 0 aliphatic carbocycles. The summed E-state index contributed by atoms with van der Waals surface area (Å²) in [5.74, 6) is 2.41. The van der Waals surface area contributed by atoms with E-state index in [-0.39, 0.29) is 23.7 Å². The molecule has 1 aliphatic rings. The summed E-state index contributed by atoms with van der Waals surface area (Å²) in [7, 11) is 0. The van der Waals surface area contributed by atoms with Crippen LogP contribution in [0.5, 0.6) is 0 Å². The number of rotatable bonds is 4. The number of nitrogens with zero attached hydrogens (tertiary/aromatic N) is 1. The SMILES string of the molecule is CCC(CC)(CN)C(=O)N1CCSCC1.Cl. The van der Waals surface area contributed by atoms with E-state index in [1.165, 1.54) is 0 Å². The van der Waals surface area contributed by atoms with Gasteiger partial charge in [0.05, 0.1) is 5.41 Å². The van der Waals surface area contributed by atoms with Crippen molar-refractivity contribution in [3.05, 3.63) is 0 Å². The van der Waals surface area contributed by atoms with Gasteiger partial charge in [0.25, 0.3) is 0 Å². The van der Waals surface area contributed by atoms with Crippen molar-refractivity contribution in [1.82, 2.24) is 4.90 Å². The van der Waals surface area contributed by atoms with Crippen LogP contribution in [0.2, 0.25) is 0 Å². The highest BCUT2D eigenvalue weighted by atomic mass is 35.5. The Hall–Kier alpha value is 0.0700. The van der Waals surface area contributed by atoms with E-state index in [0.717, 1.165) is 37.4 Å². The van der Waals surface area contributed by atoms with E-state index >= 15 is 0 Å². The maximum atomic E-state index is 12.4. The van der Waals surface area contributed by atoms with Gasteiger partial charge in [0, 0.05) is 31.1 Å². The molecule has 0 saturated carbocycles. The second kappa shape index (κ2) is 7.41. The normalized spacial score (nSPS) is 16.8. The number of hydrogen-bond donors (Lipinski definition) is 1. The van der Waals surface area contributed by atoms with Gasteiger partial charge in [0.15, 0.2) is 0 Å². The minimum atomic E-state index is -0.304. The van der Waals surface area contributed by atoms with Crippen molar-refractivity contribution in [1.29, 1.82) is 0 Å². The van der Waals surface area contributed by atoms with E-state index in [9.17, 15) is 4.79 Å². The first-order chi connectivity index (χ1) is 7.20. The lowest BCUT2D eigenvalue weighted by Crippen LogP contribution is -2.50. The zero-order valence-electron chi connectivity index (χ0n) is 10.2. The molecule has 1 amide bonds. The van der Waals surface area contributed by atoms with E-state index in [1.807, 2.05) is 16.7 Å². The van der Waals surface area contributed by atoms with Crippen molar-refractivity contribution < 1.29 is 4.79 Å². The van der Waals surface area contributed by atoms with Crippen LogP contribution in [-0.2, 0) is 4.79 Å². The molecule has 1 saturated heterocycles. The minimum absolute atomic E-state index is 0. The fourth-order valence-corrected chi connectivity index (χ4v) is 2.93. The fourth-order valence-electron chi connectivity index (χ4n) is 2.03. The molecule has 0 aromatic heterocycles. The Balaban J connectivity index is 0.00000225. The molecule has 96 valence electrons. The molecule has 2 N–H and O–H groups in total. The summed E-state index contributed by atoms with van der Waals surface area (Å²) < 4.78 is 0. The molecular weight excluding hydrogens is 244 g/mol. The van der Waals surface area contributed by atoms with E-state index in [1.54, 1.807) is 0 Å². The first-order valence-corrected chi connectivity index (χ1v) is 6.93. The molecule has 1 fully saturated rings. The van der Waals surface area contributed by atoms with Gasteiger partial charge in [0.1, 0.15) is 0 Å². The van der Waals surface area contributed by atoms with Crippen molar-refractivity contribution in [3.63, 3.8) is 0 Å². The van der Waals surface area contributed by atoms with Crippen LogP contribution in [0, 0.1) is 5.41 Å². The molecular formula is C11H23ClN2OS. The highest BCUT2D eigenvalue weighted by molar-refractivity contribution is 7.99. The summed E-state index contributed by atoms with van der Waals surface area (Å²) in [6.45, 7) is 6.39. The third-order valence-corrected chi connectivity index (χ3v) is 4.44. The predicted octanol–water partition coefficient (Wildman–Crippen LogP) is 1.75. The van der Waals surface area contributed by atoms with Crippen LogP contribution in [-0.4, -0.2) is 41.9 Å². The number of thioether (sulfide) groups is 1. The molecule has 0 unspecified atom stereocenters. The van der Waals surface area contributed by atoms with Crippen LogP contribution in [0.15, 0.2) is 0 Å². The highest BCUT2D eigenvalue weighted by Gasteiger charge is 2.37. The number of carbonyl (C=O) groups is 1. The number of carbonyl (C=O) groups excluding carboxylic acids is 1. The maximum Gasteiger partial charge on any atom is 0.230 e. The van der Waals surface area contributed by atoms with Crippen LogP contribution >= 0.6 is 24.2 Å². The zero-order chi connectivity index (χ0) is 11.3. The number of halogens is 1. The first-order valence-electron chi connectivity index (χ1n) is 5.77. The Labute approximate surface area is 109 Å². The van der Waals surface area contributed by atoms with Crippen molar-refractivity contribution in [3.8, 4) is 0 Å². The van der Waals surface area contributed by atoms with Gasteiger partial charge in [-0.2, -0.15) is 11.8 Å². The molecule has 0 aromatic rings. The quantitative estimate of drug-likeness (QED) is 0.843. The monoisotopic (exact) mass is 266 g/mol. The van der Waals surface area contributed by atoms with Crippen LogP contribution in [0.4, 0.5) is 0 Å². The van der Waals surface area contributed by atoms with Gasteiger partial charge in [-0.3, -0.25) is 4.79 Å². The van der Waals surface area contributed by atoms with Crippen LogP contribution in [0.25, 0.3) is 0 Å². The fraction of sp³-hybridized carbons (Fsp3) is 0.909. The molecule has 0 atom stereocenters. The first kappa shape index (κ1) is 16.1. The van der Waals surface area contributed by atoms with Gasteiger partial charge < -0.3 is 10.6 Å². The highest BCUT2D eigenvalue weighted by Crippen LogP contribution is 2.28. The molecule has 1 aliphatic heterocycles. The second-order valence-corrected chi connectivity index (χ2v) is 5.32. The van der Waals surface area contributed by atoms with E-state index < -0.39 is 0 Å². The third kappa shape index (κ3) is 3.28. The van der Waals surface area contributed by atoms with Gasteiger partial charge in [-0.1, -0.05) is 13.8 Å². The lowest BCUT2D eigenvalue weighted by atomic mass is 9.81. The molecule has 0 spiro atoms. The summed E-state index contributed by atoms with van der Waals surface area (Å²) in [4.78, 5) is 14.3. The van der Waals surface area contributed by atoms with Gasteiger partial charge in [-0.25, -0.2) is 0 Å². The van der Waals surface area contributed by atoms with E-state index in [2.05, 4.69) is 13.8 Å². The summed E-state index contributed by atoms with van der Waals surface area (Å²) in [5.41, 5.74) is 5.48. The number of hydrogen-bond acceptors (Lipinski definition) is 3. The van der Waals surface area contributed by atoms with Crippen molar-refractivity contribution >= 4 is 30.1 Å². The Morgan fingerprint density at radius 2 is 1.81 bits per heavy atom. The summed E-state index contributed by atoms with van der Waals surface area (Å²) >= 11 is 1.92. The van der Waals surface area contributed by atoms with Gasteiger partial charge in [-0.05, 0) is 12.8 Å². The van der Waals surface area contributed by atoms with Crippen LogP contribution in [0.1, 0.15) is 26.7 Å².